The number of rotatable bonds is 4. The number of carbonyl (C=O) groups excluding carboxylic acids is 2. The fraction of sp³-hybridized carbons (Fsp3) is 0.500. The van der Waals surface area contributed by atoms with Crippen LogP contribution < -0.4 is 5.32 Å². The maximum atomic E-state index is 12.7. The quantitative estimate of drug-likeness (QED) is 0.679. The van der Waals surface area contributed by atoms with Crippen molar-refractivity contribution in [3.05, 3.63) is 39.4 Å². The van der Waals surface area contributed by atoms with Crippen LogP contribution in [-0.4, -0.2) is 40.3 Å². The van der Waals surface area contributed by atoms with Crippen molar-refractivity contribution in [2.75, 3.05) is 6.54 Å². The second-order valence-corrected chi connectivity index (χ2v) is 6.08. The highest BCUT2D eigenvalue weighted by molar-refractivity contribution is 5.98. The summed E-state index contributed by atoms with van der Waals surface area (Å²) >= 11 is 0. The molecular formula is C16H21N3O4. The summed E-state index contributed by atoms with van der Waals surface area (Å²) < 4.78 is 0. The first kappa shape index (κ1) is 16.9. The molecule has 0 aliphatic carbocycles. The first-order chi connectivity index (χ1) is 10.8. The minimum Gasteiger partial charge on any atom is -0.352 e. The summed E-state index contributed by atoms with van der Waals surface area (Å²) in [6.07, 6.45) is 1.41. The van der Waals surface area contributed by atoms with Crippen LogP contribution >= 0.6 is 0 Å². The standard InChI is InChI=1S/C16H21N3O4/c1-10(2)17-15(20)14-5-4-8-18(14)16(21)12-6-7-13(19(22)23)11(3)9-12/h6-7,9-10,14H,4-5,8H2,1-3H3,(H,17,20). The summed E-state index contributed by atoms with van der Waals surface area (Å²) in [7, 11) is 0. The molecule has 0 spiro atoms. The van der Waals surface area contributed by atoms with Crippen LogP contribution in [0.25, 0.3) is 0 Å². The van der Waals surface area contributed by atoms with Crippen LogP contribution in [-0.2, 0) is 4.79 Å². The summed E-state index contributed by atoms with van der Waals surface area (Å²) in [5, 5.41) is 13.7. The first-order valence-electron chi connectivity index (χ1n) is 7.67. The van der Waals surface area contributed by atoms with Crippen LogP contribution in [0.4, 0.5) is 5.69 Å². The van der Waals surface area contributed by atoms with Gasteiger partial charge in [0.25, 0.3) is 11.6 Å². The number of nitro groups is 1. The van der Waals surface area contributed by atoms with Gasteiger partial charge in [0.1, 0.15) is 6.04 Å². The van der Waals surface area contributed by atoms with E-state index < -0.39 is 11.0 Å². The topological polar surface area (TPSA) is 92.6 Å². The predicted octanol–water partition coefficient (Wildman–Crippen LogP) is 2.03. The predicted molar refractivity (Wildman–Crippen MR) is 85.2 cm³/mol. The summed E-state index contributed by atoms with van der Waals surface area (Å²) in [6.45, 7) is 5.87. The third kappa shape index (κ3) is 3.67. The monoisotopic (exact) mass is 319 g/mol. The molecule has 1 N–H and O–H groups in total. The molecule has 1 aliphatic rings. The molecule has 2 rings (SSSR count). The van der Waals surface area contributed by atoms with Crippen molar-refractivity contribution in [3.8, 4) is 0 Å². The van der Waals surface area contributed by atoms with Crippen LogP contribution in [0.2, 0.25) is 0 Å². The van der Waals surface area contributed by atoms with Crippen molar-refractivity contribution < 1.29 is 14.5 Å². The van der Waals surface area contributed by atoms with Gasteiger partial charge in [0.2, 0.25) is 5.91 Å². The molecule has 1 heterocycles. The third-order valence-corrected chi connectivity index (χ3v) is 3.89. The SMILES string of the molecule is Cc1cc(C(=O)N2CCCC2C(=O)NC(C)C)ccc1[N+](=O)[O-]. The van der Waals surface area contributed by atoms with Crippen molar-refractivity contribution in [3.63, 3.8) is 0 Å². The second-order valence-electron chi connectivity index (χ2n) is 6.08. The molecule has 1 atom stereocenters. The zero-order valence-corrected chi connectivity index (χ0v) is 13.5. The van der Waals surface area contributed by atoms with Gasteiger partial charge >= 0.3 is 0 Å². The minimum atomic E-state index is -0.474. The molecule has 1 unspecified atom stereocenters. The van der Waals surface area contributed by atoms with E-state index in [1.54, 1.807) is 11.8 Å². The second kappa shape index (κ2) is 6.76. The molecule has 7 heteroatoms. The minimum absolute atomic E-state index is 0.0154. The highest BCUT2D eigenvalue weighted by Gasteiger charge is 2.34. The van der Waals surface area contributed by atoms with Gasteiger partial charge in [0.05, 0.1) is 4.92 Å². The highest BCUT2D eigenvalue weighted by atomic mass is 16.6. The lowest BCUT2D eigenvalue weighted by Gasteiger charge is -2.25. The van der Waals surface area contributed by atoms with Crippen LogP contribution in [0.3, 0.4) is 0 Å². The molecular weight excluding hydrogens is 298 g/mol. The molecule has 2 amide bonds. The smallest absolute Gasteiger partial charge is 0.272 e. The van der Waals surface area contributed by atoms with Crippen molar-refractivity contribution in [2.24, 2.45) is 0 Å². The molecule has 1 aromatic rings. The van der Waals surface area contributed by atoms with E-state index in [9.17, 15) is 19.7 Å². The zero-order chi connectivity index (χ0) is 17.1. The Morgan fingerprint density at radius 1 is 1.39 bits per heavy atom. The Bertz CT molecular complexity index is 642. The molecule has 0 bridgehead atoms. The van der Waals surface area contributed by atoms with Gasteiger partial charge in [0.15, 0.2) is 0 Å². The van der Waals surface area contributed by atoms with Gasteiger partial charge in [-0.1, -0.05) is 0 Å². The number of nitrogens with one attached hydrogen (secondary N) is 1. The lowest BCUT2D eigenvalue weighted by atomic mass is 10.1. The number of likely N-dealkylation sites (tertiary alicyclic amines) is 1. The molecule has 1 saturated heterocycles. The van der Waals surface area contributed by atoms with Gasteiger partial charge in [0, 0.05) is 29.8 Å². The van der Waals surface area contributed by atoms with Gasteiger partial charge in [-0.05, 0) is 45.7 Å². The molecule has 1 aliphatic heterocycles. The van der Waals surface area contributed by atoms with E-state index in [2.05, 4.69) is 5.32 Å². The fourth-order valence-electron chi connectivity index (χ4n) is 2.82. The van der Waals surface area contributed by atoms with Gasteiger partial charge in [-0.15, -0.1) is 0 Å². The molecule has 0 saturated carbocycles. The average Bonchev–Trinajstić information content (AvgIpc) is 2.94. The normalized spacial score (nSPS) is 17.4. The Morgan fingerprint density at radius 3 is 2.65 bits per heavy atom. The van der Waals surface area contributed by atoms with Gasteiger partial charge in [-0.2, -0.15) is 0 Å². The Kier molecular flexibility index (Phi) is 4.98. The van der Waals surface area contributed by atoms with Crippen LogP contribution in [0, 0.1) is 17.0 Å². The number of nitrogens with zero attached hydrogens (tertiary/aromatic N) is 2. The number of amides is 2. The summed E-state index contributed by atoms with van der Waals surface area (Å²) in [5.41, 5.74) is 0.789. The molecule has 7 nitrogen and oxygen atoms in total. The highest BCUT2D eigenvalue weighted by Crippen LogP contribution is 2.24. The van der Waals surface area contributed by atoms with Crippen molar-refractivity contribution in [2.45, 2.75) is 45.7 Å². The molecule has 0 aromatic heterocycles. The van der Waals surface area contributed by atoms with Crippen LogP contribution in [0.1, 0.15) is 42.6 Å². The van der Waals surface area contributed by atoms with Gasteiger partial charge < -0.3 is 10.2 Å². The van der Waals surface area contributed by atoms with E-state index in [-0.39, 0.29) is 23.5 Å². The molecule has 1 aromatic carbocycles. The number of aryl methyl sites for hydroxylation is 1. The van der Waals surface area contributed by atoms with E-state index in [1.165, 1.54) is 18.2 Å². The molecule has 23 heavy (non-hydrogen) atoms. The summed E-state index contributed by atoms with van der Waals surface area (Å²) in [6, 6.07) is 3.84. The first-order valence-corrected chi connectivity index (χ1v) is 7.67. The van der Waals surface area contributed by atoms with Crippen molar-refractivity contribution in [1.29, 1.82) is 0 Å². The number of carbonyl (C=O) groups is 2. The summed E-state index contributed by atoms with van der Waals surface area (Å²) in [4.78, 5) is 36.8. The van der Waals surface area contributed by atoms with E-state index in [4.69, 9.17) is 0 Å². The maximum Gasteiger partial charge on any atom is 0.272 e. The fourth-order valence-corrected chi connectivity index (χ4v) is 2.82. The maximum absolute atomic E-state index is 12.7. The molecule has 1 fully saturated rings. The Labute approximate surface area is 134 Å². The number of nitro benzene ring substituents is 1. The van der Waals surface area contributed by atoms with E-state index in [0.717, 1.165) is 6.42 Å². The number of benzene rings is 1. The van der Waals surface area contributed by atoms with Gasteiger partial charge in [-0.3, -0.25) is 19.7 Å². The Morgan fingerprint density at radius 2 is 2.09 bits per heavy atom. The zero-order valence-electron chi connectivity index (χ0n) is 13.5. The lowest BCUT2D eigenvalue weighted by molar-refractivity contribution is -0.385. The number of hydrogen-bond acceptors (Lipinski definition) is 4. The number of hydrogen-bond donors (Lipinski definition) is 1. The van der Waals surface area contributed by atoms with Crippen LogP contribution in [0.5, 0.6) is 0 Å². The average molecular weight is 319 g/mol. The van der Waals surface area contributed by atoms with Crippen molar-refractivity contribution >= 4 is 17.5 Å². The largest absolute Gasteiger partial charge is 0.352 e. The van der Waals surface area contributed by atoms with Gasteiger partial charge in [-0.25, -0.2) is 0 Å². The Hall–Kier alpha value is -2.44. The lowest BCUT2D eigenvalue weighted by Crippen LogP contribution is -2.47. The van der Waals surface area contributed by atoms with Crippen molar-refractivity contribution in [1.82, 2.24) is 10.2 Å². The summed E-state index contributed by atoms with van der Waals surface area (Å²) in [5.74, 6) is -0.408. The third-order valence-electron chi connectivity index (χ3n) is 3.89. The van der Waals surface area contributed by atoms with E-state index >= 15 is 0 Å². The molecule has 0 radical (unpaired) electrons. The van der Waals surface area contributed by atoms with E-state index in [1.807, 2.05) is 13.8 Å². The molecule has 124 valence electrons. The van der Waals surface area contributed by atoms with Crippen LogP contribution in [0.15, 0.2) is 18.2 Å². The Balaban J connectivity index is 2.20. The van der Waals surface area contributed by atoms with E-state index in [0.29, 0.717) is 24.1 Å².